The van der Waals surface area contributed by atoms with Crippen molar-refractivity contribution in [2.75, 3.05) is 0 Å². The fourth-order valence-electron chi connectivity index (χ4n) is 2.20. The zero-order chi connectivity index (χ0) is 15.9. The highest BCUT2D eigenvalue weighted by atomic mass is 28.3. The second-order valence-electron chi connectivity index (χ2n) is 7.55. The quantitative estimate of drug-likeness (QED) is 0.289. The van der Waals surface area contributed by atoms with Crippen LogP contribution < -0.4 is 0 Å². The fourth-order valence-corrected chi connectivity index (χ4v) is 5.22. The molecule has 0 aliphatic heterocycles. The zero-order valence-corrected chi connectivity index (χ0v) is 16.5. The molecule has 20 heavy (non-hydrogen) atoms. The van der Waals surface area contributed by atoms with Crippen LogP contribution in [0.1, 0.15) is 39.0 Å². The Hall–Kier alpha value is -0.306. The van der Waals surface area contributed by atoms with Gasteiger partial charge in [-0.25, -0.2) is 0 Å². The van der Waals surface area contributed by atoms with Crippen molar-refractivity contribution in [3.8, 4) is 11.5 Å². The summed E-state index contributed by atoms with van der Waals surface area (Å²) in [6.45, 7) is 17.3. The van der Waals surface area contributed by atoms with Gasteiger partial charge in [-0.2, -0.15) is 0 Å². The molecule has 0 aliphatic carbocycles. The van der Waals surface area contributed by atoms with E-state index in [1.807, 2.05) is 6.08 Å². The van der Waals surface area contributed by atoms with Crippen LogP contribution in [0.15, 0.2) is 12.7 Å². The minimum Gasteiger partial charge on any atom is -0.381 e. The van der Waals surface area contributed by atoms with Crippen molar-refractivity contribution in [1.29, 1.82) is 0 Å². The largest absolute Gasteiger partial charge is 0.381 e. The lowest BCUT2D eigenvalue weighted by atomic mass is 10.1. The Morgan fingerprint density at radius 3 is 2.15 bits per heavy atom. The van der Waals surface area contributed by atoms with Crippen molar-refractivity contribution < 1.29 is 5.11 Å². The van der Waals surface area contributed by atoms with Gasteiger partial charge in [-0.3, -0.25) is 0 Å². The van der Waals surface area contributed by atoms with E-state index in [0.29, 0.717) is 0 Å². The van der Waals surface area contributed by atoms with E-state index in [4.69, 9.17) is 0 Å². The molecule has 0 spiro atoms. The first-order valence-corrected chi connectivity index (χ1v) is 14.7. The maximum Gasteiger partial charge on any atom is 0.129 e. The topological polar surface area (TPSA) is 20.2 Å². The number of hydrogen-bond donors (Lipinski definition) is 1. The lowest BCUT2D eigenvalue weighted by Gasteiger charge is -2.37. The van der Waals surface area contributed by atoms with Gasteiger partial charge in [0.2, 0.25) is 0 Å². The van der Waals surface area contributed by atoms with Gasteiger partial charge in [0, 0.05) is 0 Å². The summed E-state index contributed by atoms with van der Waals surface area (Å²) >= 11 is 0. The van der Waals surface area contributed by atoms with Gasteiger partial charge in [-0.05, 0) is 18.9 Å². The molecule has 0 unspecified atom stereocenters. The third kappa shape index (κ3) is 6.92. The van der Waals surface area contributed by atoms with E-state index < -0.39 is 21.4 Å². The van der Waals surface area contributed by atoms with E-state index in [9.17, 15) is 5.11 Å². The van der Waals surface area contributed by atoms with Crippen molar-refractivity contribution in [3.05, 3.63) is 12.7 Å². The van der Waals surface area contributed by atoms with E-state index in [1.165, 1.54) is 19.3 Å². The van der Waals surface area contributed by atoms with Crippen LogP contribution >= 0.6 is 0 Å². The molecule has 1 N–H and O–H groups in total. The maximum absolute atomic E-state index is 11.2. The Morgan fingerprint density at radius 2 is 1.70 bits per heavy atom. The highest BCUT2D eigenvalue weighted by Crippen LogP contribution is 2.30. The van der Waals surface area contributed by atoms with Crippen LogP contribution in [-0.2, 0) is 0 Å². The van der Waals surface area contributed by atoms with E-state index in [-0.39, 0.29) is 0 Å². The van der Waals surface area contributed by atoms with E-state index in [0.717, 1.165) is 18.9 Å². The van der Waals surface area contributed by atoms with Gasteiger partial charge in [0.25, 0.3) is 0 Å². The molecule has 0 amide bonds. The van der Waals surface area contributed by atoms with Crippen LogP contribution in [0.4, 0.5) is 0 Å². The molecular formula is C17H34OSi2. The van der Waals surface area contributed by atoms with Gasteiger partial charge in [0.05, 0.1) is 0 Å². The molecule has 0 fully saturated rings. The number of allylic oxidation sites excluding steroid dienone is 1. The lowest BCUT2D eigenvalue weighted by molar-refractivity contribution is 0.160. The van der Waals surface area contributed by atoms with Crippen molar-refractivity contribution in [2.45, 2.75) is 83.0 Å². The molecule has 0 aromatic heterocycles. The van der Waals surface area contributed by atoms with Gasteiger partial charge < -0.3 is 5.11 Å². The molecule has 0 rings (SSSR count). The van der Waals surface area contributed by atoms with E-state index >= 15 is 0 Å². The Balaban J connectivity index is 5.11. The number of aliphatic hydroxyl groups is 1. The summed E-state index contributed by atoms with van der Waals surface area (Å²) in [5.74, 6) is 3.32. The summed E-state index contributed by atoms with van der Waals surface area (Å²) < 4.78 is 0. The molecule has 116 valence electrons. The van der Waals surface area contributed by atoms with Crippen LogP contribution in [0.2, 0.25) is 38.8 Å². The van der Waals surface area contributed by atoms with Crippen molar-refractivity contribution in [3.63, 3.8) is 0 Å². The Kier molecular flexibility index (Phi) is 8.09. The minimum atomic E-state index is -1.83. The van der Waals surface area contributed by atoms with Crippen LogP contribution in [0.5, 0.6) is 0 Å². The van der Waals surface area contributed by atoms with Gasteiger partial charge in [0.1, 0.15) is 21.4 Å². The van der Waals surface area contributed by atoms with Crippen molar-refractivity contribution >= 4 is 16.1 Å². The first-order valence-electron chi connectivity index (χ1n) is 7.95. The number of rotatable bonds is 8. The molecule has 0 bridgehead atoms. The van der Waals surface area contributed by atoms with Crippen LogP contribution in [0.3, 0.4) is 0 Å². The Labute approximate surface area is 128 Å². The SMILES string of the molecule is C=CC[Si](C)(C)[C@](O)(C#C[Si](C)(C)C)CCCCCC. The molecule has 1 atom stereocenters. The molecule has 0 saturated heterocycles. The summed E-state index contributed by atoms with van der Waals surface area (Å²) in [6.07, 6.45) is 7.55. The van der Waals surface area contributed by atoms with Crippen LogP contribution in [0.25, 0.3) is 0 Å². The molecule has 3 heteroatoms. The monoisotopic (exact) mass is 310 g/mol. The lowest BCUT2D eigenvalue weighted by Crippen LogP contribution is -2.53. The van der Waals surface area contributed by atoms with Gasteiger partial charge in [-0.1, -0.05) is 70.9 Å². The van der Waals surface area contributed by atoms with Crippen LogP contribution in [-0.4, -0.2) is 26.5 Å². The normalized spacial score (nSPS) is 15.2. The summed E-state index contributed by atoms with van der Waals surface area (Å²) in [6, 6.07) is 0.928. The van der Waals surface area contributed by atoms with Crippen LogP contribution in [0, 0.1) is 11.5 Å². The Bertz CT molecular complexity index is 357. The molecule has 1 nitrogen and oxygen atoms in total. The van der Waals surface area contributed by atoms with E-state index in [2.05, 4.69) is 57.7 Å². The zero-order valence-electron chi connectivity index (χ0n) is 14.5. The first-order chi connectivity index (χ1) is 9.08. The third-order valence-corrected chi connectivity index (χ3v) is 8.61. The number of unbranched alkanes of at least 4 members (excludes halogenated alkanes) is 3. The van der Waals surface area contributed by atoms with E-state index in [1.54, 1.807) is 0 Å². The summed E-state index contributed by atoms with van der Waals surface area (Å²) in [5, 5.41) is 10.4. The molecule has 0 aromatic rings. The fraction of sp³-hybridized carbons (Fsp3) is 0.765. The minimum absolute atomic E-state index is 0.755. The molecular weight excluding hydrogens is 276 g/mol. The third-order valence-electron chi connectivity index (χ3n) is 3.81. The average Bonchev–Trinajstić information content (AvgIpc) is 2.31. The maximum atomic E-state index is 11.2. The average molecular weight is 311 g/mol. The second kappa shape index (κ2) is 8.21. The van der Waals surface area contributed by atoms with Crippen molar-refractivity contribution in [2.24, 2.45) is 0 Å². The molecule has 0 radical (unpaired) electrons. The highest BCUT2D eigenvalue weighted by molar-refractivity contribution is 6.84. The molecule has 0 aliphatic rings. The predicted octanol–water partition coefficient (Wildman–Crippen LogP) is 5.00. The predicted molar refractivity (Wildman–Crippen MR) is 97.3 cm³/mol. The highest BCUT2D eigenvalue weighted by Gasteiger charge is 2.42. The molecule has 0 saturated carbocycles. The second-order valence-corrected chi connectivity index (χ2v) is 17.3. The summed E-state index contributed by atoms with van der Waals surface area (Å²) in [4.78, 5) is 0. The Morgan fingerprint density at radius 1 is 1.10 bits per heavy atom. The van der Waals surface area contributed by atoms with Gasteiger partial charge >= 0.3 is 0 Å². The van der Waals surface area contributed by atoms with Crippen molar-refractivity contribution in [1.82, 2.24) is 0 Å². The molecule has 0 heterocycles. The standard InChI is InChI=1S/C17H34OSi2/c1-8-10-11-12-13-17(18,14-16-19(3,4)5)20(6,7)15-9-2/h9,18H,2,8,10-13,15H2,1,3-7H3/t17-/m0/s1. The van der Waals surface area contributed by atoms with Gasteiger partial charge in [-0.15, -0.1) is 12.1 Å². The van der Waals surface area contributed by atoms with Gasteiger partial charge in [0.15, 0.2) is 0 Å². The summed E-state index contributed by atoms with van der Waals surface area (Å²) in [7, 11) is -3.28. The molecule has 0 aromatic carbocycles. The first kappa shape index (κ1) is 19.7. The number of hydrogen-bond acceptors (Lipinski definition) is 1. The smallest absolute Gasteiger partial charge is 0.129 e. The summed E-state index contributed by atoms with van der Waals surface area (Å²) in [5.41, 5.74) is 3.41.